The molecule has 0 radical (unpaired) electrons. The standard InChI is InChI=1S/C10H13N/c1-10(2)6-7-8(10)4-3-5-9(7)11/h3-5H,6,11H2,1-2H3. The van der Waals surface area contributed by atoms with Crippen LogP contribution in [0, 0.1) is 0 Å². The Morgan fingerprint density at radius 2 is 2.09 bits per heavy atom. The Morgan fingerprint density at radius 3 is 2.64 bits per heavy atom. The molecule has 0 saturated carbocycles. The van der Waals surface area contributed by atoms with Gasteiger partial charge in [-0.1, -0.05) is 26.0 Å². The highest BCUT2D eigenvalue weighted by Crippen LogP contribution is 2.42. The zero-order valence-corrected chi connectivity index (χ0v) is 7.02. The average Bonchev–Trinajstić information content (AvgIpc) is 1.92. The predicted molar refractivity (Wildman–Crippen MR) is 47.6 cm³/mol. The zero-order valence-electron chi connectivity index (χ0n) is 7.02. The van der Waals surface area contributed by atoms with Gasteiger partial charge < -0.3 is 5.73 Å². The van der Waals surface area contributed by atoms with Crippen molar-refractivity contribution in [3.63, 3.8) is 0 Å². The van der Waals surface area contributed by atoms with E-state index in [4.69, 9.17) is 5.73 Å². The molecule has 1 aliphatic rings. The Hall–Kier alpha value is -0.980. The van der Waals surface area contributed by atoms with E-state index in [1.165, 1.54) is 11.1 Å². The summed E-state index contributed by atoms with van der Waals surface area (Å²) < 4.78 is 0. The number of anilines is 1. The molecule has 0 saturated heterocycles. The van der Waals surface area contributed by atoms with E-state index in [1.807, 2.05) is 12.1 Å². The molecule has 0 fully saturated rings. The maximum atomic E-state index is 5.79. The first-order valence-corrected chi connectivity index (χ1v) is 3.99. The number of nitrogen functional groups attached to an aromatic ring is 1. The third kappa shape index (κ3) is 0.770. The van der Waals surface area contributed by atoms with E-state index in [2.05, 4.69) is 19.9 Å². The van der Waals surface area contributed by atoms with Gasteiger partial charge >= 0.3 is 0 Å². The van der Waals surface area contributed by atoms with E-state index < -0.39 is 0 Å². The molecule has 1 nitrogen and oxygen atoms in total. The fourth-order valence-electron chi connectivity index (χ4n) is 1.87. The van der Waals surface area contributed by atoms with Gasteiger partial charge in [0.05, 0.1) is 0 Å². The fraction of sp³-hybridized carbons (Fsp3) is 0.400. The van der Waals surface area contributed by atoms with Gasteiger partial charge in [-0.3, -0.25) is 0 Å². The van der Waals surface area contributed by atoms with Crippen molar-refractivity contribution in [2.75, 3.05) is 5.73 Å². The molecule has 58 valence electrons. The zero-order chi connectivity index (χ0) is 8.06. The number of rotatable bonds is 0. The second kappa shape index (κ2) is 1.79. The van der Waals surface area contributed by atoms with Crippen LogP contribution < -0.4 is 5.73 Å². The largest absolute Gasteiger partial charge is 0.398 e. The topological polar surface area (TPSA) is 26.0 Å². The van der Waals surface area contributed by atoms with Crippen molar-refractivity contribution in [3.8, 4) is 0 Å². The van der Waals surface area contributed by atoms with Gasteiger partial charge in [0.2, 0.25) is 0 Å². The number of hydrogen-bond donors (Lipinski definition) is 1. The first-order valence-electron chi connectivity index (χ1n) is 3.99. The average molecular weight is 147 g/mol. The molecule has 0 atom stereocenters. The molecule has 2 N–H and O–H groups in total. The molecular formula is C10H13N. The Kier molecular flexibility index (Phi) is 1.09. The molecule has 0 amide bonds. The quantitative estimate of drug-likeness (QED) is 0.559. The first-order chi connectivity index (χ1) is 5.11. The summed E-state index contributed by atoms with van der Waals surface area (Å²) in [5, 5.41) is 0. The van der Waals surface area contributed by atoms with Crippen LogP contribution in [0.1, 0.15) is 25.0 Å². The third-order valence-electron chi connectivity index (χ3n) is 2.56. The van der Waals surface area contributed by atoms with E-state index in [1.54, 1.807) is 0 Å². The molecule has 11 heavy (non-hydrogen) atoms. The summed E-state index contributed by atoms with van der Waals surface area (Å²) in [6.45, 7) is 4.52. The Bertz CT molecular complexity index is 300. The number of nitrogens with two attached hydrogens (primary N) is 1. The Labute approximate surface area is 67.2 Å². The third-order valence-corrected chi connectivity index (χ3v) is 2.56. The van der Waals surface area contributed by atoms with Crippen LogP contribution in [-0.4, -0.2) is 0 Å². The minimum atomic E-state index is 0.366. The van der Waals surface area contributed by atoms with Gasteiger partial charge in [-0.2, -0.15) is 0 Å². The molecule has 1 aliphatic carbocycles. The maximum absolute atomic E-state index is 5.79. The lowest BCUT2D eigenvalue weighted by molar-refractivity contribution is 0.457. The molecule has 2 rings (SSSR count). The molecule has 0 heterocycles. The van der Waals surface area contributed by atoms with Crippen LogP contribution in [0.2, 0.25) is 0 Å². The smallest absolute Gasteiger partial charge is 0.0349 e. The van der Waals surface area contributed by atoms with Crippen molar-refractivity contribution in [2.24, 2.45) is 0 Å². The molecule has 1 aromatic rings. The van der Waals surface area contributed by atoms with Gasteiger partial charge in [0.15, 0.2) is 0 Å². The second-order valence-corrected chi connectivity index (χ2v) is 3.93. The van der Waals surface area contributed by atoms with Crippen molar-refractivity contribution >= 4 is 5.69 Å². The van der Waals surface area contributed by atoms with E-state index >= 15 is 0 Å². The van der Waals surface area contributed by atoms with E-state index in [0.717, 1.165) is 12.1 Å². The van der Waals surface area contributed by atoms with Crippen LogP contribution in [0.15, 0.2) is 18.2 Å². The maximum Gasteiger partial charge on any atom is 0.0349 e. The Morgan fingerprint density at radius 1 is 1.36 bits per heavy atom. The van der Waals surface area contributed by atoms with Gasteiger partial charge in [0.1, 0.15) is 0 Å². The summed E-state index contributed by atoms with van der Waals surface area (Å²) in [6, 6.07) is 6.19. The summed E-state index contributed by atoms with van der Waals surface area (Å²) in [7, 11) is 0. The molecule has 0 spiro atoms. The molecular weight excluding hydrogens is 134 g/mol. The number of hydrogen-bond acceptors (Lipinski definition) is 1. The second-order valence-electron chi connectivity index (χ2n) is 3.93. The summed E-state index contributed by atoms with van der Waals surface area (Å²) in [5.74, 6) is 0. The molecule has 1 aromatic carbocycles. The van der Waals surface area contributed by atoms with Crippen molar-refractivity contribution in [2.45, 2.75) is 25.7 Å². The minimum Gasteiger partial charge on any atom is -0.398 e. The Balaban J connectivity index is 2.57. The van der Waals surface area contributed by atoms with Crippen LogP contribution in [-0.2, 0) is 11.8 Å². The van der Waals surface area contributed by atoms with Gasteiger partial charge in [-0.15, -0.1) is 0 Å². The van der Waals surface area contributed by atoms with Crippen molar-refractivity contribution < 1.29 is 0 Å². The van der Waals surface area contributed by atoms with E-state index in [9.17, 15) is 0 Å². The highest BCUT2D eigenvalue weighted by atomic mass is 14.6. The van der Waals surface area contributed by atoms with Crippen LogP contribution in [0.3, 0.4) is 0 Å². The van der Waals surface area contributed by atoms with E-state index in [-0.39, 0.29) is 0 Å². The van der Waals surface area contributed by atoms with Crippen molar-refractivity contribution in [1.29, 1.82) is 0 Å². The normalized spacial score (nSPS) is 18.7. The van der Waals surface area contributed by atoms with Gasteiger partial charge in [-0.05, 0) is 29.0 Å². The lowest BCUT2D eigenvalue weighted by Gasteiger charge is -2.38. The number of fused-ring (bicyclic) bond motifs is 1. The summed E-state index contributed by atoms with van der Waals surface area (Å²) in [5.41, 5.74) is 9.91. The van der Waals surface area contributed by atoms with Crippen LogP contribution in [0.25, 0.3) is 0 Å². The van der Waals surface area contributed by atoms with Gasteiger partial charge in [-0.25, -0.2) is 0 Å². The lowest BCUT2D eigenvalue weighted by Crippen LogP contribution is -2.33. The molecule has 0 aliphatic heterocycles. The predicted octanol–water partition coefficient (Wildman–Crippen LogP) is 2.10. The van der Waals surface area contributed by atoms with Gasteiger partial charge in [0, 0.05) is 5.69 Å². The molecule has 0 aromatic heterocycles. The van der Waals surface area contributed by atoms with Crippen LogP contribution in [0.4, 0.5) is 5.69 Å². The molecule has 0 bridgehead atoms. The lowest BCUT2D eigenvalue weighted by atomic mass is 9.66. The van der Waals surface area contributed by atoms with Crippen LogP contribution >= 0.6 is 0 Å². The SMILES string of the molecule is CC1(C)Cc2c(N)cccc21. The highest BCUT2D eigenvalue weighted by Gasteiger charge is 2.34. The first kappa shape index (κ1) is 6.71. The van der Waals surface area contributed by atoms with E-state index in [0.29, 0.717) is 5.41 Å². The fourth-order valence-corrected chi connectivity index (χ4v) is 1.87. The summed E-state index contributed by atoms with van der Waals surface area (Å²) in [6.07, 6.45) is 1.13. The van der Waals surface area contributed by atoms with Crippen molar-refractivity contribution in [3.05, 3.63) is 29.3 Å². The highest BCUT2D eigenvalue weighted by molar-refractivity contribution is 5.59. The number of benzene rings is 1. The van der Waals surface area contributed by atoms with Crippen LogP contribution in [0.5, 0.6) is 0 Å². The van der Waals surface area contributed by atoms with Gasteiger partial charge in [0.25, 0.3) is 0 Å². The molecule has 1 heteroatoms. The summed E-state index contributed by atoms with van der Waals surface area (Å²) in [4.78, 5) is 0. The summed E-state index contributed by atoms with van der Waals surface area (Å²) >= 11 is 0. The molecule has 0 unspecified atom stereocenters. The minimum absolute atomic E-state index is 0.366. The van der Waals surface area contributed by atoms with Crippen molar-refractivity contribution in [1.82, 2.24) is 0 Å². The monoisotopic (exact) mass is 147 g/mol.